The molecule has 2 aromatic rings. The largest absolute Gasteiger partial charge is 0.491 e. The van der Waals surface area contributed by atoms with Gasteiger partial charge in [0, 0.05) is 43.4 Å². The molecule has 2 aromatic carbocycles. The third-order valence-electron chi connectivity index (χ3n) is 4.27. The summed E-state index contributed by atoms with van der Waals surface area (Å²) in [6.07, 6.45) is -0.581. The zero-order valence-electron chi connectivity index (χ0n) is 13.9. The fourth-order valence-corrected chi connectivity index (χ4v) is 3.12. The molecule has 1 heterocycles. The van der Waals surface area contributed by atoms with Gasteiger partial charge < -0.3 is 14.7 Å². The minimum atomic E-state index is -0.581. The van der Waals surface area contributed by atoms with Gasteiger partial charge in [-0.1, -0.05) is 17.7 Å². The molecule has 0 bridgehead atoms. The smallest absolute Gasteiger partial charge is 0.123 e. The van der Waals surface area contributed by atoms with E-state index in [4.69, 9.17) is 16.3 Å². The molecule has 0 spiro atoms. The number of hydrogen-bond donors (Lipinski definition) is 1. The maximum Gasteiger partial charge on any atom is 0.123 e. The van der Waals surface area contributed by atoms with E-state index < -0.39 is 6.10 Å². The maximum atomic E-state index is 12.8. The third-order valence-corrected chi connectivity index (χ3v) is 4.51. The van der Waals surface area contributed by atoms with Gasteiger partial charge >= 0.3 is 0 Å². The molecule has 1 atom stereocenters. The van der Waals surface area contributed by atoms with Gasteiger partial charge in [0.05, 0.1) is 0 Å². The van der Waals surface area contributed by atoms with Crippen LogP contribution in [0, 0.1) is 5.82 Å². The summed E-state index contributed by atoms with van der Waals surface area (Å²) in [4.78, 5) is 4.52. The van der Waals surface area contributed by atoms with Crippen molar-refractivity contribution in [3.63, 3.8) is 0 Å². The minimum absolute atomic E-state index is 0.195. The standard InChI is InChI=1S/C19H22ClFN2O2/c20-15-2-1-3-17(12-15)23-10-8-22(9-11-23)13-18(24)14-25-19-6-4-16(21)5-7-19/h1-7,12,18,24H,8-11,13-14H2/t18-/m1/s1. The Labute approximate surface area is 152 Å². The van der Waals surface area contributed by atoms with E-state index >= 15 is 0 Å². The van der Waals surface area contributed by atoms with Crippen LogP contribution in [0.25, 0.3) is 0 Å². The quantitative estimate of drug-likeness (QED) is 0.854. The van der Waals surface area contributed by atoms with Crippen molar-refractivity contribution in [2.75, 3.05) is 44.2 Å². The van der Waals surface area contributed by atoms with Crippen LogP contribution in [0.2, 0.25) is 5.02 Å². The zero-order valence-corrected chi connectivity index (χ0v) is 14.7. The number of benzene rings is 2. The number of piperazine rings is 1. The van der Waals surface area contributed by atoms with Crippen LogP contribution >= 0.6 is 11.6 Å². The Kier molecular flexibility index (Phi) is 6.13. The summed E-state index contributed by atoms with van der Waals surface area (Å²) in [5.41, 5.74) is 1.13. The summed E-state index contributed by atoms with van der Waals surface area (Å²) in [5.74, 6) is 0.261. The molecule has 134 valence electrons. The van der Waals surface area contributed by atoms with Gasteiger partial charge in [-0.3, -0.25) is 4.90 Å². The van der Waals surface area contributed by atoms with Gasteiger partial charge in [-0.25, -0.2) is 4.39 Å². The Hall–Kier alpha value is -1.82. The second kappa shape index (κ2) is 8.52. The van der Waals surface area contributed by atoms with Crippen molar-refractivity contribution in [2.45, 2.75) is 6.10 Å². The fourth-order valence-electron chi connectivity index (χ4n) is 2.94. The molecule has 0 amide bonds. The lowest BCUT2D eigenvalue weighted by molar-refractivity contribution is 0.0663. The SMILES string of the molecule is O[C@@H](COc1ccc(F)cc1)CN1CCN(c2cccc(Cl)c2)CC1. The van der Waals surface area contributed by atoms with Crippen molar-refractivity contribution in [2.24, 2.45) is 0 Å². The fraction of sp³-hybridized carbons (Fsp3) is 0.368. The number of halogens is 2. The maximum absolute atomic E-state index is 12.8. The molecule has 1 aliphatic rings. The van der Waals surface area contributed by atoms with E-state index in [0.717, 1.165) is 36.9 Å². The van der Waals surface area contributed by atoms with Gasteiger partial charge in [-0.15, -0.1) is 0 Å². The van der Waals surface area contributed by atoms with Crippen LogP contribution < -0.4 is 9.64 Å². The predicted octanol–water partition coefficient (Wildman–Crippen LogP) is 3.04. The molecule has 1 N–H and O–H groups in total. The first-order valence-electron chi connectivity index (χ1n) is 8.39. The van der Waals surface area contributed by atoms with Gasteiger partial charge in [-0.05, 0) is 42.5 Å². The molecule has 0 aliphatic carbocycles. The summed E-state index contributed by atoms with van der Waals surface area (Å²) in [7, 11) is 0. The predicted molar refractivity (Wildman–Crippen MR) is 98.0 cm³/mol. The van der Waals surface area contributed by atoms with Gasteiger partial charge in [0.15, 0.2) is 0 Å². The first-order valence-corrected chi connectivity index (χ1v) is 8.77. The molecule has 6 heteroatoms. The number of ether oxygens (including phenoxy) is 1. The highest BCUT2D eigenvalue weighted by Gasteiger charge is 2.20. The topological polar surface area (TPSA) is 35.9 Å². The Bertz CT molecular complexity index is 675. The van der Waals surface area contributed by atoms with Gasteiger partial charge in [-0.2, -0.15) is 0 Å². The van der Waals surface area contributed by atoms with Crippen LogP contribution in [0.5, 0.6) is 5.75 Å². The number of hydrogen-bond acceptors (Lipinski definition) is 4. The van der Waals surface area contributed by atoms with Crippen LogP contribution in [0.1, 0.15) is 0 Å². The summed E-state index contributed by atoms with van der Waals surface area (Å²) in [5, 5.41) is 10.9. The second-order valence-corrected chi connectivity index (χ2v) is 6.62. The lowest BCUT2D eigenvalue weighted by atomic mass is 10.2. The molecule has 1 fully saturated rings. The molecule has 0 saturated carbocycles. The van der Waals surface area contributed by atoms with Crippen LogP contribution in [0.3, 0.4) is 0 Å². The number of aliphatic hydroxyl groups is 1. The highest BCUT2D eigenvalue weighted by Crippen LogP contribution is 2.20. The molecule has 0 aromatic heterocycles. The van der Waals surface area contributed by atoms with Crippen molar-refractivity contribution in [3.8, 4) is 5.75 Å². The van der Waals surface area contributed by atoms with Crippen molar-refractivity contribution >= 4 is 17.3 Å². The first kappa shape index (κ1) is 18.0. The molecule has 1 aliphatic heterocycles. The number of aliphatic hydroxyl groups excluding tert-OH is 1. The van der Waals surface area contributed by atoms with E-state index in [-0.39, 0.29) is 12.4 Å². The molecule has 25 heavy (non-hydrogen) atoms. The lowest BCUT2D eigenvalue weighted by Gasteiger charge is -2.36. The molecule has 3 rings (SSSR count). The van der Waals surface area contributed by atoms with Gasteiger partial charge in [0.2, 0.25) is 0 Å². The van der Waals surface area contributed by atoms with Crippen molar-refractivity contribution in [1.29, 1.82) is 0 Å². The second-order valence-electron chi connectivity index (χ2n) is 6.19. The van der Waals surface area contributed by atoms with Gasteiger partial charge in [0.1, 0.15) is 24.3 Å². The molecular formula is C19H22ClFN2O2. The number of β-amino-alcohol motifs (C(OH)–C–C–N with tert-alkyl or cyclic N) is 1. The van der Waals surface area contributed by atoms with E-state index in [0.29, 0.717) is 12.3 Å². The van der Waals surface area contributed by atoms with Crippen LogP contribution in [-0.2, 0) is 0 Å². The lowest BCUT2D eigenvalue weighted by Crippen LogP contribution is -2.49. The Morgan fingerprint density at radius 3 is 2.48 bits per heavy atom. The Morgan fingerprint density at radius 2 is 1.80 bits per heavy atom. The van der Waals surface area contributed by atoms with Crippen molar-refractivity contribution < 1.29 is 14.2 Å². The molecular weight excluding hydrogens is 343 g/mol. The Morgan fingerprint density at radius 1 is 1.08 bits per heavy atom. The van der Waals surface area contributed by atoms with Crippen LogP contribution in [0.15, 0.2) is 48.5 Å². The number of nitrogens with zero attached hydrogens (tertiary/aromatic N) is 2. The van der Waals surface area contributed by atoms with E-state index in [9.17, 15) is 9.50 Å². The van der Waals surface area contributed by atoms with Crippen molar-refractivity contribution in [1.82, 2.24) is 4.90 Å². The highest BCUT2D eigenvalue weighted by molar-refractivity contribution is 6.30. The normalized spacial score (nSPS) is 16.7. The minimum Gasteiger partial charge on any atom is -0.491 e. The number of rotatable bonds is 6. The summed E-state index contributed by atoms with van der Waals surface area (Å²) >= 11 is 6.05. The van der Waals surface area contributed by atoms with E-state index in [1.807, 2.05) is 18.2 Å². The van der Waals surface area contributed by atoms with Gasteiger partial charge in [0.25, 0.3) is 0 Å². The highest BCUT2D eigenvalue weighted by atomic mass is 35.5. The number of anilines is 1. The zero-order chi connectivity index (χ0) is 17.6. The Balaban J connectivity index is 1.41. The first-order chi connectivity index (χ1) is 12.1. The van der Waals surface area contributed by atoms with Crippen molar-refractivity contribution in [3.05, 3.63) is 59.4 Å². The van der Waals surface area contributed by atoms with Crippen LogP contribution in [0.4, 0.5) is 10.1 Å². The molecule has 1 saturated heterocycles. The molecule has 0 radical (unpaired) electrons. The van der Waals surface area contributed by atoms with E-state index in [1.54, 1.807) is 12.1 Å². The van der Waals surface area contributed by atoms with E-state index in [1.165, 1.54) is 12.1 Å². The summed E-state index contributed by atoms with van der Waals surface area (Å²) in [6, 6.07) is 13.7. The molecule has 0 unspecified atom stereocenters. The monoisotopic (exact) mass is 364 g/mol. The summed E-state index contributed by atoms with van der Waals surface area (Å²) < 4.78 is 18.3. The third kappa shape index (κ3) is 5.33. The average molecular weight is 365 g/mol. The average Bonchev–Trinajstić information content (AvgIpc) is 2.62. The summed E-state index contributed by atoms with van der Waals surface area (Å²) in [6.45, 7) is 4.29. The van der Waals surface area contributed by atoms with E-state index in [2.05, 4.69) is 15.9 Å². The molecule has 4 nitrogen and oxygen atoms in total. The van der Waals surface area contributed by atoms with Crippen LogP contribution in [-0.4, -0.2) is 55.4 Å².